The van der Waals surface area contributed by atoms with Gasteiger partial charge in [-0.3, -0.25) is 4.72 Å². The van der Waals surface area contributed by atoms with Gasteiger partial charge in [-0.1, -0.05) is 0 Å². The lowest BCUT2D eigenvalue weighted by Crippen LogP contribution is -2.13. The summed E-state index contributed by atoms with van der Waals surface area (Å²) >= 11 is 0. The Kier molecular flexibility index (Phi) is 2.73. The normalized spacial score (nSPS) is 15.9. The van der Waals surface area contributed by atoms with Crippen molar-refractivity contribution >= 4 is 21.4 Å². The summed E-state index contributed by atoms with van der Waals surface area (Å²) in [4.78, 5) is 0. The van der Waals surface area contributed by atoms with Crippen LogP contribution in [0.4, 0.5) is 20.2 Å². The van der Waals surface area contributed by atoms with Gasteiger partial charge in [-0.2, -0.15) is 0 Å². The molecule has 0 aromatic heterocycles. The summed E-state index contributed by atoms with van der Waals surface area (Å²) in [6, 6.07) is 0.924. The Morgan fingerprint density at radius 3 is 2.47 bits per heavy atom. The van der Waals surface area contributed by atoms with Crippen LogP contribution in [-0.4, -0.2) is 14.7 Å². The minimum absolute atomic E-state index is 0.0563. The zero-order valence-electron chi connectivity index (χ0n) is 9.13. The van der Waals surface area contributed by atoms with Gasteiger partial charge in [0.1, 0.15) is 5.69 Å². The number of nitrogens with one attached hydrogen (secondary N) is 1. The molecule has 0 unspecified atom stereocenters. The van der Waals surface area contributed by atoms with Crippen molar-refractivity contribution in [3.63, 3.8) is 0 Å². The van der Waals surface area contributed by atoms with Crippen LogP contribution >= 0.6 is 0 Å². The Morgan fingerprint density at radius 2 is 2.00 bits per heavy atom. The van der Waals surface area contributed by atoms with E-state index in [0.717, 1.165) is 25.2 Å². The predicted octanol–water partition coefficient (Wildman–Crippen LogP) is 1.80. The average molecular weight is 262 g/mol. The lowest BCUT2D eigenvalue weighted by atomic mass is 10.1. The lowest BCUT2D eigenvalue weighted by Gasteiger charge is -2.13. The number of nitrogens with two attached hydrogens (primary N) is 1. The van der Waals surface area contributed by atoms with Crippen molar-refractivity contribution in [2.75, 3.05) is 16.7 Å². The summed E-state index contributed by atoms with van der Waals surface area (Å²) in [6.07, 6.45) is 2.43. The molecule has 3 N–H and O–H groups in total. The van der Waals surface area contributed by atoms with E-state index in [4.69, 9.17) is 5.73 Å². The molecule has 0 radical (unpaired) electrons. The van der Waals surface area contributed by atoms with Crippen LogP contribution in [0.25, 0.3) is 0 Å². The van der Waals surface area contributed by atoms with E-state index >= 15 is 0 Å². The first kappa shape index (κ1) is 12.1. The summed E-state index contributed by atoms with van der Waals surface area (Å²) in [5.74, 6) is -1.90. The third-order valence-electron chi connectivity index (χ3n) is 2.57. The number of nitrogen functional groups attached to an aromatic ring is 1. The Balaban J connectivity index is 2.57. The van der Waals surface area contributed by atoms with E-state index in [0.29, 0.717) is 0 Å². The molecule has 7 heteroatoms. The van der Waals surface area contributed by atoms with Gasteiger partial charge in [0.15, 0.2) is 11.6 Å². The van der Waals surface area contributed by atoms with Gasteiger partial charge in [-0.15, -0.1) is 0 Å². The number of halogens is 2. The van der Waals surface area contributed by atoms with E-state index in [1.54, 1.807) is 0 Å². The maximum atomic E-state index is 13.8. The molecule has 2 rings (SSSR count). The molecule has 0 heterocycles. The van der Waals surface area contributed by atoms with Crippen LogP contribution in [0.3, 0.4) is 0 Å². The molecule has 1 aromatic rings. The van der Waals surface area contributed by atoms with Crippen molar-refractivity contribution in [2.45, 2.75) is 18.8 Å². The van der Waals surface area contributed by atoms with Gasteiger partial charge >= 0.3 is 0 Å². The summed E-state index contributed by atoms with van der Waals surface area (Å²) < 4.78 is 51.4. The highest BCUT2D eigenvalue weighted by Gasteiger charge is 2.32. The molecule has 1 aliphatic rings. The van der Waals surface area contributed by atoms with Gasteiger partial charge in [0.2, 0.25) is 10.0 Å². The predicted molar refractivity (Wildman–Crippen MR) is 61.2 cm³/mol. The summed E-state index contributed by atoms with van der Waals surface area (Å²) in [6.45, 7) is 0. The number of benzene rings is 1. The first-order chi connectivity index (χ1) is 7.79. The lowest BCUT2D eigenvalue weighted by molar-refractivity contribution is 0.582. The SMILES string of the molecule is CS(=O)(=O)Nc1cc(F)c(N)c(F)c1C1CC1. The number of anilines is 2. The third kappa shape index (κ3) is 2.49. The zero-order chi connectivity index (χ0) is 12.8. The van der Waals surface area contributed by atoms with Crippen LogP contribution < -0.4 is 10.5 Å². The monoisotopic (exact) mass is 262 g/mol. The number of hydrogen-bond acceptors (Lipinski definition) is 3. The Hall–Kier alpha value is -1.37. The highest BCUT2D eigenvalue weighted by Crippen LogP contribution is 2.46. The van der Waals surface area contributed by atoms with Gasteiger partial charge in [0.25, 0.3) is 0 Å². The molecule has 0 saturated heterocycles. The molecular weight excluding hydrogens is 250 g/mol. The number of hydrogen-bond donors (Lipinski definition) is 2. The molecule has 1 aromatic carbocycles. The van der Waals surface area contributed by atoms with E-state index in [2.05, 4.69) is 4.72 Å². The largest absolute Gasteiger partial charge is 0.394 e. The number of sulfonamides is 1. The van der Waals surface area contributed by atoms with E-state index in [1.165, 1.54) is 0 Å². The van der Waals surface area contributed by atoms with Crippen LogP contribution in [0.5, 0.6) is 0 Å². The molecule has 0 atom stereocenters. The topological polar surface area (TPSA) is 72.2 Å². The first-order valence-electron chi connectivity index (χ1n) is 5.04. The van der Waals surface area contributed by atoms with Gasteiger partial charge in [0, 0.05) is 11.6 Å². The number of rotatable bonds is 3. The van der Waals surface area contributed by atoms with Crippen molar-refractivity contribution in [1.29, 1.82) is 0 Å². The average Bonchev–Trinajstić information content (AvgIpc) is 2.96. The van der Waals surface area contributed by atoms with E-state index < -0.39 is 27.3 Å². The van der Waals surface area contributed by atoms with Crippen molar-refractivity contribution in [2.24, 2.45) is 0 Å². The van der Waals surface area contributed by atoms with E-state index in [1.807, 2.05) is 0 Å². The van der Waals surface area contributed by atoms with E-state index in [-0.39, 0.29) is 17.2 Å². The minimum Gasteiger partial charge on any atom is -0.394 e. The Morgan fingerprint density at radius 1 is 1.41 bits per heavy atom. The Labute approximate surface area is 97.9 Å². The van der Waals surface area contributed by atoms with Crippen LogP contribution in [0.1, 0.15) is 24.3 Å². The molecule has 0 aliphatic heterocycles. The van der Waals surface area contributed by atoms with Crippen LogP contribution in [0.15, 0.2) is 6.07 Å². The quantitative estimate of drug-likeness (QED) is 0.816. The zero-order valence-corrected chi connectivity index (χ0v) is 9.94. The third-order valence-corrected chi connectivity index (χ3v) is 3.16. The van der Waals surface area contributed by atoms with Gasteiger partial charge in [0.05, 0.1) is 11.9 Å². The maximum absolute atomic E-state index is 13.8. The molecule has 17 heavy (non-hydrogen) atoms. The summed E-state index contributed by atoms with van der Waals surface area (Å²) in [7, 11) is -3.58. The molecule has 1 fully saturated rings. The van der Waals surface area contributed by atoms with Crippen LogP contribution in [-0.2, 0) is 10.0 Å². The second-order valence-electron chi connectivity index (χ2n) is 4.20. The minimum atomic E-state index is -3.58. The van der Waals surface area contributed by atoms with E-state index in [9.17, 15) is 17.2 Å². The maximum Gasteiger partial charge on any atom is 0.229 e. The second kappa shape index (κ2) is 3.83. The fourth-order valence-corrected chi connectivity index (χ4v) is 2.27. The first-order valence-corrected chi connectivity index (χ1v) is 6.94. The summed E-state index contributed by atoms with van der Waals surface area (Å²) in [5.41, 5.74) is 4.79. The molecule has 0 amide bonds. The molecule has 94 valence electrons. The highest BCUT2D eigenvalue weighted by atomic mass is 32.2. The fraction of sp³-hybridized carbons (Fsp3) is 0.400. The van der Waals surface area contributed by atoms with Crippen LogP contribution in [0.2, 0.25) is 0 Å². The van der Waals surface area contributed by atoms with Crippen molar-refractivity contribution in [1.82, 2.24) is 0 Å². The highest BCUT2D eigenvalue weighted by molar-refractivity contribution is 7.92. The molecule has 0 bridgehead atoms. The Bertz CT molecular complexity index is 568. The van der Waals surface area contributed by atoms with Crippen LogP contribution in [0, 0.1) is 11.6 Å². The van der Waals surface area contributed by atoms with Crippen molar-refractivity contribution in [3.8, 4) is 0 Å². The summed E-state index contributed by atoms with van der Waals surface area (Å²) in [5, 5.41) is 0. The molecule has 4 nitrogen and oxygen atoms in total. The van der Waals surface area contributed by atoms with Gasteiger partial charge in [-0.05, 0) is 18.8 Å². The van der Waals surface area contributed by atoms with Crippen molar-refractivity contribution < 1.29 is 17.2 Å². The van der Waals surface area contributed by atoms with Crippen molar-refractivity contribution in [3.05, 3.63) is 23.3 Å². The second-order valence-corrected chi connectivity index (χ2v) is 5.94. The van der Waals surface area contributed by atoms with Gasteiger partial charge in [-0.25, -0.2) is 17.2 Å². The fourth-order valence-electron chi connectivity index (χ4n) is 1.71. The molecule has 0 spiro atoms. The molecule has 1 saturated carbocycles. The standard InChI is InChI=1S/C10H12F2N2O2S/c1-17(15,16)14-7-4-6(11)10(13)9(12)8(7)5-2-3-5/h4-5,14H,2-3,13H2,1H3. The smallest absolute Gasteiger partial charge is 0.229 e. The van der Waals surface area contributed by atoms with Gasteiger partial charge < -0.3 is 5.73 Å². The molecular formula is C10H12F2N2O2S. The molecule has 1 aliphatic carbocycles.